The molecule has 0 radical (unpaired) electrons. The SMILES string of the molecule is C=CCC(C)N(C(=O)OCC)C1CCC(O)NC1=O. The Hall–Kier alpha value is -1.56. The highest BCUT2D eigenvalue weighted by molar-refractivity contribution is 5.86. The zero-order chi connectivity index (χ0) is 14.4. The summed E-state index contributed by atoms with van der Waals surface area (Å²) < 4.78 is 5.01. The topological polar surface area (TPSA) is 78.9 Å². The Bertz CT molecular complexity index is 346. The number of ether oxygens (including phenoxy) is 1. The van der Waals surface area contributed by atoms with E-state index >= 15 is 0 Å². The van der Waals surface area contributed by atoms with Gasteiger partial charge in [-0.25, -0.2) is 4.79 Å². The van der Waals surface area contributed by atoms with Crippen molar-refractivity contribution in [3.05, 3.63) is 12.7 Å². The maximum atomic E-state index is 12.0. The zero-order valence-electron chi connectivity index (χ0n) is 11.5. The molecule has 0 bridgehead atoms. The summed E-state index contributed by atoms with van der Waals surface area (Å²) in [6.45, 7) is 7.47. The van der Waals surface area contributed by atoms with Crippen LogP contribution in [0.15, 0.2) is 12.7 Å². The molecule has 6 nitrogen and oxygen atoms in total. The summed E-state index contributed by atoms with van der Waals surface area (Å²) in [5, 5.41) is 11.8. The Labute approximate surface area is 113 Å². The Morgan fingerprint density at radius 3 is 2.89 bits per heavy atom. The lowest BCUT2D eigenvalue weighted by Gasteiger charge is -2.37. The average molecular weight is 270 g/mol. The van der Waals surface area contributed by atoms with E-state index in [2.05, 4.69) is 11.9 Å². The van der Waals surface area contributed by atoms with Crippen LogP contribution in [0.3, 0.4) is 0 Å². The molecule has 1 saturated heterocycles. The van der Waals surface area contributed by atoms with E-state index in [9.17, 15) is 14.7 Å². The molecule has 0 aromatic heterocycles. The summed E-state index contributed by atoms with van der Waals surface area (Å²) in [6.07, 6.45) is 1.79. The number of aliphatic hydroxyl groups is 1. The molecule has 19 heavy (non-hydrogen) atoms. The van der Waals surface area contributed by atoms with Crippen molar-refractivity contribution < 1.29 is 19.4 Å². The third kappa shape index (κ3) is 3.96. The molecule has 1 heterocycles. The second kappa shape index (κ2) is 7.13. The lowest BCUT2D eigenvalue weighted by atomic mass is 10.0. The smallest absolute Gasteiger partial charge is 0.410 e. The lowest BCUT2D eigenvalue weighted by Crippen LogP contribution is -2.58. The number of rotatable bonds is 5. The molecule has 0 aliphatic carbocycles. The number of carbonyl (C=O) groups is 2. The van der Waals surface area contributed by atoms with Crippen LogP contribution in [0.5, 0.6) is 0 Å². The second-order valence-corrected chi connectivity index (χ2v) is 4.60. The maximum Gasteiger partial charge on any atom is 0.410 e. The van der Waals surface area contributed by atoms with Gasteiger partial charge in [0.15, 0.2) is 0 Å². The Morgan fingerprint density at radius 1 is 1.68 bits per heavy atom. The van der Waals surface area contributed by atoms with Crippen LogP contribution < -0.4 is 5.32 Å². The van der Waals surface area contributed by atoms with E-state index in [0.29, 0.717) is 19.3 Å². The molecule has 0 aromatic rings. The van der Waals surface area contributed by atoms with Gasteiger partial charge in [-0.05, 0) is 33.1 Å². The van der Waals surface area contributed by atoms with Crippen LogP contribution in [0.1, 0.15) is 33.1 Å². The summed E-state index contributed by atoms with van der Waals surface area (Å²) in [5.74, 6) is -0.345. The zero-order valence-corrected chi connectivity index (χ0v) is 11.5. The fraction of sp³-hybridized carbons (Fsp3) is 0.692. The van der Waals surface area contributed by atoms with Crippen molar-refractivity contribution in [3.8, 4) is 0 Å². The van der Waals surface area contributed by atoms with Crippen LogP contribution in [0.25, 0.3) is 0 Å². The molecule has 108 valence electrons. The molecule has 2 amide bonds. The van der Waals surface area contributed by atoms with Crippen LogP contribution >= 0.6 is 0 Å². The molecule has 6 heteroatoms. The Balaban J connectivity index is 2.85. The molecule has 0 aromatic carbocycles. The molecule has 1 aliphatic rings. The van der Waals surface area contributed by atoms with Crippen molar-refractivity contribution in [2.75, 3.05) is 6.61 Å². The Kier molecular flexibility index (Phi) is 5.82. The number of aliphatic hydroxyl groups excluding tert-OH is 1. The first-order chi connectivity index (χ1) is 9.01. The van der Waals surface area contributed by atoms with Gasteiger partial charge in [0.25, 0.3) is 0 Å². The maximum absolute atomic E-state index is 12.0. The summed E-state index contributed by atoms with van der Waals surface area (Å²) in [5.41, 5.74) is 0. The normalized spacial score (nSPS) is 24.3. The third-order valence-corrected chi connectivity index (χ3v) is 3.12. The van der Waals surface area contributed by atoms with Gasteiger partial charge in [0.05, 0.1) is 6.61 Å². The van der Waals surface area contributed by atoms with Gasteiger partial charge in [-0.2, -0.15) is 0 Å². The van der Waals surface area contributed by atoms with Gasteiger partial charge in [-0.1, -0.05) is 6.08 Å². The number of nitrogens with zero attached hydrogens (tertiary/aromatic N) is 1. The number of hydrogen-bond donors (Lipinski definition) is 2. The van der Waals surface area contributed by atoms with Crippen molar-refractivity contribution in [2.24, 2.45) is 0 Å². The van der Waals surface area contributed by atoms with Crippen molar-refractivity contribution in [1.82, 2.24) is 10.2 Å². The predicted molar refractivity (Wildman–Crippen MR) is 70.3 cm³/mol. The van der Waals surface area contributed by atoms with Crippen molar-refractivity contribution >= 4 is 12.0 Å². The van der Waals surface area contributed by atoms with E-state index < -0.39 is 18.4 Å². The summed E-state index contributed by atoms with van der Waals surface area (Å²) in [7, 11) is 0. The highest BCUT2D eigenvalue weighted by atomic mass is 16.6. The second-order valence-electron chi connectivity index (χ2n) is 4.60. The molecule has 0 spiro atoms. The first kappa shape index (κ1) is 15.5. The van der Waals surface area contributed by atoms with Gasteiger partial charge in [0.2, 0.25) is 5.91 Å². The van der Waals surface area contributed by atoms with Crippen LogP contribution in [-0.2, 0) is 9.53 Å². The Morgan fingerprint density at radius 2 is 2.37 bits per heavy atom. The first-order valence-corrected chi connectivity index (χ1v) is 6.55. The van der Waals surface area contributed by atoms with Crippen LogP contribution in [0.2, 0.25) is 0 Å². The van der Waals surface area contributed by atoms with E-state index in [1.165, 1.54) is 4.90 Å². The molecule has 2 N–H and O–H groups in total. The van der Waals surface area contributed by atoms with Crippen molar-refractivity contribution in [3.63, 3.8) is 0 Å². The molecule has 3 atom stereocenters. The summed E-state index contributed by atoms with van der Waals surface area (Å²) >= 11 is 0. The van der Waals surface area contributed by atoms with Gasteiger partial charge >= 0.3 is 6.09 Å². The van der Waals surface area contributed by atoms with Crippen LogP contribution in [-0.4, -0.2) is 46.9 Å². The number of hydrogen-bond acceptors (Lipinski definition) is 4. The highest BCUT2D eigenvalue weighted by Crippen LogP contribution is 2.19. The van der Waals surface area contributed by atoms with E-state index in [0.717, 1.165) is 0 Å². The van der Waals surface area contributed by atoms with Crippen molar-refractivity contribution in [1.29, 1.82) is 0 Å². The average Bonchev–Trinajstić information content (AvgIpc) is 2.33. The standard InChI is InChI=1S/C13H22N2O4/c1-4-6-9(3)15(13(18)19-5-2)10-7-8-11(16)14-12(10)17/h4,9-11,16H,1,5-8H2,2-3H3,(H,14,17). The number of nitrogens with one attached hydrogen (secondary N) is 1. The predicted octanol–water partition coefficient (Wildman–Crippen LogP) is 1.01. The molecule has 1 fully saturated rings. The molecule has 0 saturated carbocycles. The number of piperidine rings is 1. The molecular formula is C13H22N2O4. The van der Waals surface area contributed by atoms with Gasteiger partial charge in [-0.3, -0.25) is 9.69 Å². The lowest BCUT2D eigenvalue weighted by molar-refractivity contribution is -0.133. The minimum atomic E-state index is -0.831. The third-order valence-electron chi connectivity index (χ3n) is 3.12. The largest absolute Gasteiger partial charge is 0.450 e. The molecule has 3 unspecified atom stereocenters. The van der Waals surface area contributed by atoms with Crippen LogP contribution in [0, 0.1) is 0 Å². The number of carbonyl (C=O) groups excluding carboxylic acids is 2. The van der Waals surface area contributed by atoms with E-state index in [1.54, 1.807) is 13.0 Å². The highest BCUT2D eigenvalue weighted by Gasteiger charge is 2.37. The van der Waals surface area contributed by atoms with Crippen LogP contribution in [0.4, 0.5) is 4.79 Å². The molecule has 1 aliphatic heterocycles. The van der Waals surface area contributed by atoms with E-state index in [4.69, 9.17) is 4.74 Å². The molecule has 1 rings (SSSR count). The van der Waals surface area contributed by atoms with Gasteiger partial charge < -0.3 is 15.2 Å². The van der Waals surface area contributed by atoms with Crippen molar-refractivity contribution in [2.45, 2.75) is 51.4 Å². The number of amides is 2. The minimum Gasteiger partial charge on any atom is -0.450 e. The van der Waals surface area contributed by atoms with Gasteiger partial charge in [0, 0.05) is 6.04 Å². The monoisotopic (exact) mass is 270 g/mol. The van der Waals surface area contributed by atoms with Gasteiger partial charge in [0.1, 0.15) is 12.3 Å². The summed E-state index contributed by atoms with van der Waals surface area (Å²) in [6, 6.07) is -0.778. The fourth-order valence-electron chi connectivity index (χ4n) is 2.21. The quantitative estimate of drug-likeness (QED) is 0.731. The molecular weight excluding hydrogens is 248 g/mol. The van der Waals surface area contributed by atoms with E-state index in [1.807, 2.05) is 6.92 Å². The van der Waals surface area contributed by atoms with E-state index in [-0.39, 0.29) is 18.6 Å². The fourth-order valence-corrected chi connectivity index (χ4v) is 2.21. The minimum absolute atomic E-state index is 0.178. The first-order valence-electron chi connectivity index (χ1n) is 6.55. The summed E-state index contributed by atoms with van der Waals surface area (Å²) in [4.78, 5) is 25.4. The van der Waals surface area contributed by atoms with Gasteiger partial charge in [-0.15, -0.1) is 6.58 Å².